The number of rotatable bonds is 6. The summed E-state index contributed by atoms with van der Waals surface area (Å²) in [5.74, 6) is 0.719. The van der Waals surface area contributed by atoms with E-state index in [1.165, 1.54) is 6.26 Å². The van der Waals surface area contributed by atoms with E-state index in [9.17, 15) is 8.42 Å². The molecule has 0 saturated carbocycles. The molecular formula is C15H21N5O3S. The van der Waals surface area contributed by atoms with Crippen LogP contribution in [0, 0.1) is 0 Å². The normalized spacial score (nSPS) is 12.0. The molecule has 2 N–H and O–H groups in total. The van der Waals surface area contributed by atoms with Crippen LogP contribution in [-0.4, -0.2) is 44.8 Å². The SMILES string of the molecule is CN=C(NCc1ccc(NS(C)(=O)=O)cc1)N(C)Cc1ccon1. The molecule has 0 unspecified atom stereocenters. The average molecular weight is 351 g/mol. The molecule has 0 saturated heterocycles. The summed E-state index contributed by atoms with van der Waals surface area (Å²) in [5.41, 5.74) is 2.36. The molecule has 0 fully saturated rings. The van der Waals surface area contributed by atoms with Gasteiger partial charge in [-0.15, -0.1) is 0 Å². The fraction of sp³-hybridized carbons (Fsp3) is 0.333. The minimum atomic E-state index is -3.26. The average Bonchev–Trinajstić information content (AvgIpc) is 3.01. The van der Waals surface area contributed by atoms with Gasteiger partial charge in [0, 0.05) is 32.4 Å². The number of hydrogen-bond acceptors (Lipinski definition) is 5. The van der Waals surface area contributed by atoms with Gasteiger partial charge in [-0.1, -0.05) is 17.3 Å². The third-order valence-electron chi connectivity index (χ3n) is 3.17. The highest BCUT2D eigenvalue weighted by molar-refractivity contribution is 7.92. The number of aromatic nitrogens is 1. The van der Waals surface area contributed by atoms with Crippen molar-refractivity contribution >= 4 is 21.7 Å². The highest BCUT2D eigenvalue weighted by Gasteiger charge is 2.08. The van der Waals surface area contributed by atoms with Gasteiger partial charge in [0.25, 0.3) is 0 Å². The molecule has 0 bridgehead atoms. The first-order valence-electron chi connectivity index (χ1n) is 7.25. The van der Waals surface area contributed by atoms with Gasteiger partial charge in [-0.3, -0.25) is 9.71 Å². The van der Waals surface area contributed by atoms with Gasteiger partial charge in [0.1, 0.15) is 12.0 Å². The Bertz CT molecular complexity index is 770. The molecule has 0 amide bonds. The van der Waals surface area contributed by atoms with Gasteiger partial charge in [0.15, 0.2) is 5.96 Å². The van der Waals surface area contributed by atoms with Crippen LogP contribution in [0.4, 0.5) is 5.69 Å². The first-order chi connectivity index (χ1) is 11.4. The number of nitrogens with one attached hydrogen (secondary N) is 2. The molecule has 1 aromatic heterocycles. The summed E-state index contributed by atoms with van der Waals surface area (Å²) in [6.07, 6.45) is 2.66. The predicted molar refractivity (Wildman–Crippen MR) is 93.1 cm³/mol. The zero-order valence-corrected chi connectivity index (χ0v) is 14.7. The molecule has 9 heteroatoms. The van der Waals surface area contributed by atoms with Crippen LogP contribution in [0.25, 0.3) is 0 Å². The number of sulfonamides is 1. The number of anilines is 1. The maximum Gasteiger partial charge on any atom is 0.229 e. The van der Waals surface area contributed by atoms with Crippen molar-refractivity contribution in [3.63, 3.8) is 0 Å². The summed E-state index contributed by atoms with van der Waals surface area (Å²) in [7, 11) is 0.354. The van der Waals surface area contributed by atoms with Crippen LogP contribution in [0.3, 0.4) is 0 Å². The van der Waals surface area contributed by atoms with Crippen LogP contribution < -0.4 is 10.0 Å². The van der Waals surface area contributed by atoms with Gasteiger partial charge in [0.2, 0.25) is 10.0 Å². The van der Waals surface area contributed by atoms with Crippen LogP contribution in [-0.2, 0) is 23.1 Å². The summed E-state index contributed by atoms with van der Waals surface area (Å²) in [5, 5.41) is 7.12. The number of benzene rings is 1. The molecule has 1 heterocycles. The van der Waals surface area contributed by atoms with Crippen molar-refractivity contribution in [1.82, 2.24) is 15.4 Å². The predicted octanol–water partition coefficient (Wildman–Crippen LogP) is 1.25. The van der Waals surface area contributed by atoms with Gasteiger partial charge in [-0.05, 0) is 17.7 Å². The Morgan fingerprint density at radius 3 is 2.54 bits per heavy atom. The quantitative estimate of drug-likeness (QED) is 0.600. The van der Waals surface area contributed by atoms with E-state index in [1.54, 1.807) is 25.2 Å². The van der Waals surface area contributed by atoms with Gasteiger partial charge >= 0.3 is 0 Å². The third-order valence-corrected chi connectivity index (χ3v) is 3.78. The van der Waals surface area contributed by atoms with E-state index in [0.29, 0.717) is 18.8 Å². The van der Waals surface area contributed by atoms with Crippen LogP contribution in [0.2, 0.25) is 0 Å². The second kappa shape index (κ2) is 7.82. The number of hydrogen-bond donors (Lipinski definition) is 2. The third kappa shape index (κ3) is 5.58. The lowest BCUT2D eigenvalue weighted by molar-refractivity contribution is 0.391. The standard InChI is InChI=1S/C15H21N5O3S/c1-16-15(20(2)11-14-8-9-23-18-14)17-10-12-4-6-13(7-5-12)19-24(3,21)22/h4-9,19H,10-11H2,1-3H3,(H,16,17). The molecule has 2 rings (SSSR count). The molecule has 0 aliphatic heterocycles. The van der Waals surface area contributed by atoms with E-state index in [2.05, 4.69) is 20.2 Å². The lowest BCUT2D eigenvalue weighted by atomic mass is 10.2. The smallest absolute Gasteiger partial charge is 0.229 e. The number of aliphatic imine (C=N–C) groups is 1. The first kappa shape index (κ1) is 17.8. The Balaban J connectivity index is 1.91. The molecule has 0 spiro atoms. The largest absolute Gasteiger partial charge is 0.364 e. The molecular weight excluding hydrogens is 330 g/mol. The summed E-state index contributed by atoms with van der Waals surface area (Å²) in [6, 6.07) is 8.95. The van der Waals surface area contributed by atoms with Gasteiger partial charge < -0.3 is 14.7 Å². The topological polar surface area (TPSA) is 99.8 Å². The van der Waals surface area contributed by atoms with E-state index < -0.39 is 10.0 Å². The van der Waals surface area contributed by atoms with Crippen LogP contribution in [0.15, 0.2) is 46.1 Å². The van der Waals surface area contributed by atoms with Gasteiger partial charge in [0.05, 0.1) is 12.8 Å². The van der Waals surface area contributed by atoms with Gasteiger partial charge in [-0.25, -0.2) is 8.42 Å². The lowest BCUT2D eigenvalue weighted by Crippen LogP contribution is -2.38. The molecule has 0 aliphatic rings. The highest BCUT2D eigenvalue weighted by atomic mass is 32.2. The molecule has 24 heavy (non-hydrogen) atoms. The van der Waals surface area contributed by atoms with Crippen LogP contribution >= 0.6 is 0 Å². The summed E-state index contributed by atoms with van der Waals surface area (Å²) in [4.78, 5) is 6.16. The van der Waals surface area contributed by atoms with E-state index in [0.717, 1.165) is 23.5 Å². The maximum atomic E-state index is 11.2. The Hall–Kier alpha value is -2.55. The lowest BCUT2D eigenvalue weighted by Gasteiger charge is -2.21. The van der Waals surface area contributed by atoms with Crippen molar-refractivity contribution in [2.75, 3.05) is 25.1 Å². The second-order valence-corrected chi connectivity index (χ2v) is 7.07. The van der Waals surface area contributed by atoms with Crippen molar-refractivity contribution in [2.24, 2.45) is 4.99 Å². The fourth-order valence-electron chi connectivity index (χ4n) is 2.11. The zero-order valence-electron chi connectivity index (χ0n) is 13.9. The van der Waals surface area contributed by atoms with Crippen molar-refractivity contribution < 1.29 is 12.9 Å². The molecule has 0 radical (unpaired) electrons. The monoisotopic (exact) mass is 351 g/mol. The molecule has 0 aliphatic carbocycles. The molecule has 0 atom stereocenters. The van der Waals surface area contributed by atoms with Gasteiger partial charge in [-0.2, -0.15) is 0 Å². The molecule has 130 valence electrons. The van der Waals surface area contributed by atoms with E-state index in [4.69, 9.17) is 4.52 Å². The Kier molecular flexibility index (Phi) is 5.80. The summed E-state index contributed by atoms with van der Waals surface area (Å²) < 4.78 is 29.6. The molecule has 1 aromatic carbocycles. The molecule has 8 nitrogen and oxygen atoms in total. The Morgan fingerprint density at radius 1 is 1.29 bits per heavy atom. The fourth-order valence-corrected chi connectivity index (χ4v) is 2.67. The van der Waals surface area contributed by atoms with E-state index >= 15 is 0 Å². The van der Waals surface area contributed by atoms with Crippen molar-refractivity contribution in [3.8, 4) is 0 Å². The summed E-state index contributed by atoms with van der Waals surface area (Å²) >= 11 is 0. The van der Waals surface area contributed by atoms with E-state index in [-0.39, 0.29) is 0 Å². The minimum absolute atomic E-state index is 0.536. The van der Waals surface area contributed by atoms with Crippen LogP contribution in [0.5, 0.6) is 0 Å². The Morgan fingerprint density at radius 2 is 2.00 bits per heavy atom. The highest BCUT2D eigenvalue weighted by Crippen LogP contribution is 2.11. The van der Waals surface area contributed by atoms with Crippen molar-refractivity contribution in [1.29, 1.82) is 0 Å². The Labute approximate surface area is 141 Å². The summed E-state index contributed by atoms with van der Waals surface area (Å²) in [6.45, 7) is 1.14. The van der Waals surface area contributed by atoms with Crippen molar-refractivity contribution in [2.45, 2.75) is 13.1 Å². The number of guanidine groups is 1. The van der Waals surface area contributed by atoms with Crippen molar-refractivity contribution in [3.05, 3.63) is 47.9 Å². The maximum absolute atomic E-state index is 11.2. The molecule has 2 aromatic rings. The zero-order chi connectivity index (χ0) is 17.6. The minimum Gasteiger partial charge on any atom is -0.364 e. The van der Waals surface area contributed by atoms with E-state index in [1.807, 2.05) is 24.1 Å². The second-order valence-electron chi connectivity index (χ2n) is 5.32. The van der Waals surface area contributed by atoms with Crippen LogP contribution in [0.1, 0.15) is 11.3 Å². The first-order valence-corrected chi connectivity index (χ1v) is 9.14. The number of nitrogens with zero attached hydrogens (tertiary/aromatic N) is 3.